The fraction of sp³-hybridized carbons (Fsp3) is 0.583. The lowest BCUT2D eigenvalue weighted by molar-refractivity contribution is 0.137. The summed E-state index contributed by atoms with van der Waals surface area (Å²) in [6.45, 7) is 8.29. The molecule has 0 unspecified atom stereocenters. The molecule has 2 rings (SSSR count). The molecule has 92 valence electrons. The first kappa shape index (κ1) is 12.0. The molecule has 0 aromatic carbocycles. The van der Waals surface area contributed by atoms with Crippen molar-refractivity contribution in [2.24, 2.45) is 0 Å². The van der Waals surface area contributed by atoms with Crippen LogP contribution in [0.5, 0.6) is 0 Å². The second-order valence-corrected chi connectivity index (χ2v) is 4.22. The molecule has 5 nitrogen and oxygen atoms in total. The zero-order chi connectivity index (χ0) is 12.3. The van der Waals surface area contributed by atoms with Gasteiger partial charge in [0.15, 0.2) is 5.65 Å². The minimum absolute atomic E-state index is 0.377. The van der Waals surface area contributed by atoms with Crippen molar-refractivity contribution in [2.75, 3.05) is 13.2 Å². The smallest absolute Gasteiger partial charge is 0.177 e. The highest BCUT2D eigenvalue weighted by Crippen LogP contribution is 2.14. The molecule has 0 radical (unpaired) electrons. The van der Waals surface area contributed by atoms with Gasteiger partial charge >= 0.3 is 0 Å². The molecule has 2 aromatic rings. The van der Waals surface area contributed by atoms with Gasteiger partial charge in [0.05, 0.1) is 25.0 Å². The van der Waals surface area contributed by atoms with Gasteiger partial charge in [-0.15, -0.1) is 0 Å². The molecule has 0 aliphatic heterocycles. The summed E-state index contributed by atoms with van der Waals surface area (Å²) in [5, 5.41) is 4.28. The Hall–Kier alpha value is -1.49. The predicted octanol–water partition coefficient (Wildman–Crippen LogP) is 1.99. The maximum atomic E-state index is 5.32. The third kappa shape index (κ3) is 2.61. The van der Waals surface area contributed by atoms with Crippen LogP contribution < -0.4 is 0 Å². The Kier molecular flexibility index (Phi) is 3.68. The molecule has 0 fully saturated rings. The van der Waals surface area contributed by atoms with Gasteiger partial charge in [0.25, 0.3) is 0 Å². The average molecular weight is 234 g/mol. The van der Waals surface area contributed by atoms with Crippen LogP contribution >= 0.6 is 0 Å². The summed E-state index contributed by atoms with van der Waals surface area (Å²) >= 11 is 0. The summed E-state index contributed by atoms with van der Waals surface area (Å²) in [5.41, 5.74) is 2.68. The largest absolute Gasteiger partial charge is 0.380 e. The standard InChI is InChI=1S/C12H18N4O/c1-4-17-6-5-16-12-11(8-14-16)13-7-10(15-12)9(2)3/h7-9H,4-6H2,1-3H3. The molecular weight excluding hydrogens is 216 g/mol. The minimum Gasteiger partial charge on any atom is -0.380 e. The van der Waals surface area contributed by atoms with Crippen LogP contribution in [0.3, 0.4) is 0 Å². The first-order valence-electron chi connectivity index (χ1n) is 5.98. The number of nitrogens with zero attached hydrogens (tertiary/aromatic N) is 4. The van der Waals surface area contributed by atoms with Crippen molar-refractivity contribution in [1.29, 1.82) is 0 Å². The van der Waals surface area contributed by atoms with Crippen molar-refractivity contribution in [1.82, 2.24) is 19.7 Å². The molecule has 0 bridgehead atoms. The first-order valence-corrected chi connectivity index (χ1v) is 5.98. The maximum absolute atomic E-state index is 5.32. The quantitative estimate of drug-likeness (QED) is 0.742. The number of rotatable bonds is 5. The van der Waals surface area contributed by atoms with E-state index in [2.05, 4.69) is 28.9 Å². The zero-order valence-electron chi connectivity index (χ0n) is 10.6. The molecule has 0 aliphatic carbocycles. The monoisotopic (exact) mass is 234 g/mol. The van der Waals surface area contributed by atoms with Crippen molar-refractivity contribution in [3.05, 3.63) is 18.1 Å². The number of aromatic nitrogens is 4. The van der Waals surface area contributed by atoms with E-state index in [9.17, 15) is 0 Å². The SMILES string of the molecule is CCOCCn1ncc2ncc(C(C)C)nc21. The summed E-state index contributed by atoms with van der Waals surface area (Å²) in [7, 11) is 0. The predicted molar refractivity (Wildman–Crippen MR) is 65.9 cm³/mol. The summed E-state index contributed by atoms with van der Waals surface area (Å²) in [6.07, 6.45) is 3.57. The molecule has 0 amide bonds. The Morgan fingerprint density at radius 2 is 2.18 bits per heavy atom. The van der Waals surface area contributed by atoms with Gasteiger partial charge in [-0.1, -0.05) is 13.8 Å². The lowest BCUT2D eigenvalue weighted by Gasteiger charge is -2.06. The van der Waals surface area contributed by atoms with Crippen molar-refractivity contribution in [3.63, 3.8) is 0 Å². The number of ether oxygens (including phenoxy) is 1. The molecule has 0 saturated carbocycles. The van der Waals surface area contributed by atoms with E-state index < -0.39 is 0 Å². The second kappa shape index (κ2) is 5.23. The van der Waals surface area contributed by atoms with E-state index in [4.69, 9.17) is 4.74 Å². The molecule has 0 aliphatic rings. The fourth-order valence-corrected chi connectivity index (χ4v) is 1.60. The molecular formula is C12H18N4O. The van der Waals surface area contributed by atoms with Gasteiger partial charge < -0.3 is 4.74 Å². The van der Waals surface area contributed by atoms with Crippen molar-refractivity contribution in [2.45, 2.75) is 33.2 Å². The van der Waals surface area contributed by atoms with Crippen LogP contribution in [-0.4, -0.2) is 33.0 Å². The Bertz CT molecular complexity index is 492. The van der Waals surface area contributed by atoms with E-state index in [0.717, 1.165) is 23.5 Å². The summed E-state index contributed by atoms with van der Waals surface area (Å²) < 4.78 is 7.18. The minimum atomic E-state index is 0.377. The van der Waals surface area contributed by atoms with Crippen LogP contribution in [0, 0.1) is 0 Å². The van der Waals surface area contributed by atoms with E-state index in [1.807, 2.05) is 17.8 Å². The van der Waals surface area contributed by atoms with Gasteiger partial charge in [-0.25, -0.2) is 14.6 Å². The number of hydrogen-bond donors (Lipinski definition) is 0. The van der Waals surface area contributed by atoms with Crippen LogP contribution in [0.15, 0.2) is 12.4 Å². The molecule has 0 N–H and O–H groups in total. The van der Waals surface area contributed by atoms with Gasteiger partial charge in [-0.3, -0.25) is 0 Å². The van der Waals surface area contributed by atoms with E-state index in [1.54, 1.807) is 6.20 Å². The Balaban J connectivity index is 2.26. The van der Waals surface area contributed by atoms with E-state index >= 15 is 0 Å². The van der Waals surface area contributed by atoms with Crippen LogP contribution in [0.1, 0.15) is 32.4 Å². The first-order chi connectivity index (χ1) is 8.22. The van der Waals surface area contributed by atoms with Gasteiger partial charge in [-0.2, -0.15) is 5.10 Å². The second-order valence-electron chi connectivity index (χ2n) is 4.22. The van der Waals surface area contributed by atoms with Crippen LogP contribution in [0.25, 0.3) is 11.2 Å². The Morgan fingerprint density at radius 1 is 1.35 bits per heavy atom. The highest BCUT2D eigenvalue weighted by Gasteiger charge is 2.08. The van der Waals surface area contributed by atoms with Gasteiger partial charge in [-0.05, 0) is 12.8 Å². The van der Waals surface area contributed by atoms with E-state index in [-0.39, 0.29) is 0 Å². The summed E-state index contributed by atoms with van der Waals surface area (Å²) in [6, 6.07) is 0. The highest BCUT2D eigenvalue weighted by atomic mass is 16.5. The molecule has 0 saturated heterocycles. The van der Waals surface area contributed by atoms with Gasteiger partial charge in [0.1, 0.15) is 5.52 Å². The molecule has 17 heavy (non-hydrogen) atoms. The van der Waals surface area contributed by atoms with Crippen LogP contribution in [0.4, 0.5) is 0 Å². The molecule has 2 heterocycles. The van der Waals surface area contributed by atoms with Crippen molar-refractivity contribution in [3.8, 4) is 0 Å². The lowest BCUT2D eigenvalue weighted by atomic mass is 10.1. The average Bonchev–Trinajstić information content (AvgIpc) is 2.72. The summed E-state index contributed by atoms with van der Waals surface area (Å²) in [5.74, 6) is 0.377. The number of hydrogen-bond acceptors (Lipinski definition) is 4. The van der Waals surface area contributed by atoms with Gasteiger partial charge in [0, 0.05) is 12.8 Å². The molecule has 2 aromatic heterocycles. The zero-order valence-corrected chi connectivity index (χ0v) is 10.6. The van der Waals surface area contributed by atoms with Crippen molar-refractivity contribution >= 4 is 11.2 Å². The van der Waals surface area contributed by atoms with E-state index in [0.29, 0.717) is 19.1 Å². The number of fused-ring (bicyclic) bond motifs is 1. The molecule has 5 heteroatoms. The fourth-order valence-electron chi connectivity index (χ4n) is 1.60. The normalized spacial score (nSPS) is 11.5. The molecule has 0 atom stereocenters. The maximum Gasteiger partial charge on any atom is 0.177 e. The Labute approximate surface area is 101 Å². The third-order valence-electron chi connectivity index (χ3n) is 2.61. The summed E-state index contributed by atoms with van der Waals surface area (Å²) in [4.78, 5) is 8.96. The lowest BCUT2D eigenvalue weighted by Crippen LogP contribution is -2.08. The van der Waals surface area contributed by atoms with Crippen LogP contribution in [-0.2, 0) is 11.3 Å². The highest BCUT2D eigenvalue weighted by molar-refractivity contribution is 5.69. The van der Waals surface area contributed by atoms with Crippen LogP contribution in [0.2, 0.25) is 0 Å². The molecule has 0 spiro atoms. The topological polar surface area (TPSA) is 52.8 Å². The van der Waals surface area contributed by atoms with Gasteiger partial charge in [0.2, 0.25) is 0 Å². The van der Waals surface area contributed by atoms with Crippen molar-refractivity contribution < 1.29 is 4.74 Å². The third-order valence-corrected chi connectivity index (χ3v) is 2.61. The Morgan fingerprint density at radius 3 is 2.88 bits per heavy atom. The van der Waals surface area contributed by atoms with E-state index in [1.165, 1.54) is 0 Å².